The van der Waals surface area contributed by atoms with Crippen LogP contribution < -0.4 is 11.5 Å². The molecule has 1 rings (SSSR count). The monoisotopic (exact) mass is 238 g/mol. The first-order valence-corrected chi connectivity index (χ1v) is 6.86. The van der Waals surface area contributed by atoms with E-state index in [0.717, 1.165) is 24.9 Å². The largest absolute Gasteiger partial charge is 0.398 e. The van der Waals surface area contributed by atoms with Crippen LogP contribution in [0.1, 0.15) is 32.3 Å². The van der Waals surface area contributed by atoms with E-state index in [1.807, 2.05) is 6.07 Å². The molecule has 0 heterocycles. The van der Waals surface area contributed by atoms with E-state index >= 15 is 0 Å². The molecule has 1 aromatic carbocycles. The van der Waals surface area contributed by atoms with Gasteiger partial charge in [0.05, 0.1) is 0 Å². The summed E-state index contributed by atoms with van der Waals surface area (Å²) in [7, 11) is 0. The average Bonchev–Trinajstić information content (AvgIpc) is 2.18. The summed E-state index contributed by atoms with van der Waals surface area (Å²) < 4.78 is 0. The van der Waals surface area contributed by atoms with E-state index in [-0.39, 0.29) is 5.54 Å². The number of aryl methyl sites for hydroxylation is 1. The Morgan fingerprint density at radius 3 is 2.56 bits per heavy atom. The molecule has 0 radical (unpaired) electrons. The van der Waals surface area contributed by atoms with Crippen LogP contribution in [-0.4, -0.2) is 11.8 Å². The SMILES string of the molecule is CSc1cc(CCCC(C)(C)N)ccc1N. The summed E-state index contributed by atoms with van der Waals surface area (Å²) in [5, 5.41) is 0. The lowest BCUT2D eigenvalue weighted by atomic mass is 9.97. The Bertz CT molecular complexity index is 342. The second-order valence-corrected chi connectivity index (χ2v) is 5.77. The number of thioether (sulfide) groups is 1. The molecule has 16 heavy (non-hydrogen) atoms. The summed E-state index contributed by atoms with van der Waals surface area (Å²) in [5.41, 5.74) is 14.0. The van der Waals surface area contributed by atoms with Gasteiger partial charge >= 0.3 is 0 Å². The average molecular weight is 238 g/mol. The summed E-state index contributed by atoms with van der Waals surface area (Å²) in [6, 6.07) is 6.29. The minimum absolute atomic E-state index is 0.0594. The van der Waals surface area contributed by atoms with E-state index < -0.39 is 0 Å². The van der Waals surface area contributed by atoms with Crippen molar-refractivity contribution in [3.8, 4) is 0 Å². The third-order valence-corrected chi connectivity index (χ3v) is 3.38. The maximum Gasteiger partial charge on any atom is 0.0452 e. The topological polar surface area (TPSA) is 52.0 Å². The van der Waals surface area contributed by atoms with E-state index in [9.17, 15) is 0 Å². The molecule has 0 aliphatic rings. The van der Waals surface area contributed by atoms with Crippen LogP contribution in [0.3, 0.4) is 0 Å². The number of rotatable bonds is 5. The Morgan fingerprint density at radius 2 is 2.00 bits per heavy atom. The van der Waals surface area contributed by atoms with Gasteiger partial charge in [-0.15, -0.1) is 11.8 Å². The van der Waals surface area contributed by atoms with Gasteiger partial charge in [-0.1, -0.05) is 6.07 Å². The molecule has 0 spiro atoms. The highest BCUT2D eigenvalue weighted by molar-refractivity contribution is 7.98. The molecule has 0 saturated carbocycles. The molecule has 0 aliphatic heterocycles. The van der Waals surface area contributed by atoms with Crippen molar-refractivity contribution in [3.63, 3.8) is 0 Å². The minimum Gasteiger partial charge on any atom is -0.398 e. The first-order chi connectivity index (χ1) is 7.42. The molecular weight excluding hydrogens is 216 g/mol. The van der Waals surface area contributed by atoms with Gasteiger partial charge in [0.1, 0.15) is 0 Å². The Balaban J connectivity index is 2.55. The van der Waals surface area contributed by atoms with E-state index in [2.05, 4.69) is 32.2 Å². The van der Waals surface area contributed by atoms with Crippen molar-refractivity contribution in [3.05, 3.63) is 23.8 Å². The minimum atomic E-state index is -0.0594. The maximum atomic E-state index is 5.96. The smallest absolute Gasteiger partial charge is 0.0452 e. The van der Waals surface area contributed by atoms with E-state index in [0.29, 0.717) is 0 Å². The van der Waals surface area contributed by atoms with Crippen molar-refractivity contribution < 1.29 is 0 Å². The van der Waals surface area contributed by atoms with Crippen LogP contribution in [0.25, 0.3) is 0 Å². The van der Waals surface area contributed by atoms with Crippen molar-refractivity contribution in [1.29, 1.82) is 0 Å². The molecule has 3 heteroatoms. The molecular formula is C13H22N2S. The summed E-state index contributed by atoms with van der Waals surface area (Å²) in [6.07, 6.45) is 5.31. The van der Waals surface area contributed by atoms with Gasteiger partial charge in [0.2, 0.25) is 0 Å². The fourth-order valence-electron chi connectivity index (χ4n) is 1.66. The van der Waals surface area contributed by atoms with Crippen LogP contribution >= 0.6 is 11.8 Å². The number of hydrogen-bond donors (Lipinski definition) is 2. The summed E-state index contributed by atoms with van der Waals surface area (Å²) in [5.74, 6) is 0. The highest BCUT2D eigenvalue weighted by Gasteiger charge is 2.09. The molecule has 0 fully saturated rings. The Labute approximate surface area is 103 Å². The summed E-state index contributed by atoms with van der Waals surface area (Å²) in [4.78, 5) is 1.17. The lowest BCUT2D eigenvalue weighted by molar-refractivity contribution is 0.459. The van der Waals surface area contributed by atoms with Gasteiger partial charge in [-0.25, -0.2) is 0 Å². The van der Waals surface area contributed by atoms with Crippen molar-refractivity contribution in [2.75, 3.05) is 12.0 Å². The van der Waals surface area contributed by atoms with Gasteiger partial charge in [-0.3, -0.25) is 0 Å². The number of benzene rings is 1. The zero-order valence-corrected chi connectivity index (χ0v) is 11.2. The quantitative estimate of drug-likeness (QED) is 0.612. The highest BCUT2D eigenvalue weighted by atomic mass is 32.2. The van der Waals surface area contributed by atoms with Gasteiger partial charge in [0.25, 0.3) is 0 Å². The molecule has 4 N–H and O–H groups in total. The van der Waals surface area contributed by atoms with E-state index in [4.69, 9.17) is 11.5 Å². The zero-order chi connectivity index (χ0) is 12.2. The zero-order valence-electron chi connectivity index (χ0n) is 10.4. The van der Waals surface area contributed by atoms with Gasteiger partial charge in [0, 0.05) is 16.1 Å². The summed E-state index contributed by atoms with van der Waals surface area (Å²) in [6.45, 7) is 4.15. The maximum absolute atomic E-state index is 5.96. The van der Waals surface area contributed by atoms with Crippen molar-refractivity contribution in [2.45, 2.75) is 43.5 Å². The van der Waals surface area contributed by atoms with Gasteiger partial charge in [-0.05, 0) is 57.1 Å². The molecule has 0 amide bonds. The molecule has 0 saturated heterocycles. The predicted octanol–water partition coefficient (Wildman–Crippen LogP) is 3.05. The molecule has 0 bridgehead atoms. The fourth-order valence-corrected chi connectivity index (χ4v) is 2.23. The number of nitrogens with two attached hydrogens (primary N) is 2. The van der Waals surface area contributed by atoms with Gasteiger partial charge < -0.3 is 11.5 Å². The van der Waals surface area contributed by atoms with Crippen LogP contribution in [-0.2, 0) is 6.42 Å². The first-order valence-electron chi connectivity index (χ1n) is 5.63. The standard InChI is InChI=1S/C13H22N2S/c1-13(2,15)8-4-5-10-6-7-11(14)12(9-10)16-3/h6-7,9H,4-5,8,14-15H2,1-3H3. The number of anilines is 1. The van der Waals surface area contributed by atoms with Crippen molar-refractivity contribution in [2.24, 2.45) is 5.73 Å². The van der Waals surface area contributed by atoms with Gasteiger partial charge in [0.15, 0.2) is 0 Å². The number of hydrogen-bond acceptors (Lipinski definition) is 3. The molecule has 1 aromatic rings. The lowest BCUT2D eigenvalue weighted by Gasteiger charge is -2.18. The molecule has 0 unspecified atom stereocenters. The van der Waals surface area contributed by atoms with Crippen LogP contribution in [0.4, 0.5) is 5.69 Å². The third-order valence-electron chi connectivity index (χ3n) is 2.58. The Hall–Kier alpha value is -0.670. The van der Waals surface area contributed by atoms with Crippen LogP contribution in [0.15, 0.2) is 23.1 Å². The Kier molecular flexibility index (Phi) is 4.69. The van der Waals surface area contributed by atoms with Crippen LogP contribution in [0, 0.1) is 0 Å². The predicted molar refractivity (Wildman–Crippen MR) is 73.8 cm³/mol. The molecule has 90 valence electrons. The molecule has 0 aliphatic carbocycles. The lowest BCUT2D eigenvalue weighted by Crippen LogP contribution is -2.31. The first kappa shape index (κ1) is 13.4. The van der Waals surface area contributed by atoms with E-state index in [1.54, 1.807) is 11.8 Å². The van der Waals surface area contributed by atoms with E-state index in [1.165, 1.54) is 10.5 Å². The van der Waals surface area contributed by atoms with Crippen LogP contribution in [0.5, 0.6) is 0 Å². The van der Waals surface area contributed by atoms with Gasteiger partial charge in [-0.2, -0.15) is 0 Å². The summed E-state index contributed by atoms with van der Waals surface area (Å²) >= 11 is 1.70. The highest BCUT2D eigenvalue weighted by Crippen LogP contribution is 2.24. The molecule has 0 atom stereocenters. The third kappa shape index (κ3) is 4.45. The molecule has 2 nitrogen and oxygen atoms in total. The second kappa shape index (κ2) is 5.60. The second-order valence-electron chi connectivity index (χ2n) is 4.92. The van der Waals surface area contributed by atoms with Crippen molar-refractivity contribution >= 4 is 17.4 Å². The Morgan fingerprint density at radius 1 is 1.31 bits per heavy atom. The van der Waals surface area contributed by atoms with Crippen LogP contribution in [0.2, 0.25) is 0 Å². The molecule has 0 aromatic heterocycles. The van der Waals surface area contributed by atoms with Crippen molar-refractivity contribution in [1.82, 2.24) is 0 Å². The normalized spacial score (nSPS) is 11.8. The number of nitrogen functional groups attached to an aromatic ring is 1. The fraction of sp³-hybridized carbons (Fsp3) is 0.538.